The molecule has 0 fully saturated rings. The Bertz CT molecular complexity index is 1150. The standard InChI is InChI=1S/C23H23ClN2O4S/c1-25-31(28,29)16-20-10-6-5-9-19(20)14-26-23(27)15-30-22-12-11-18(13-21(22)24)17-7-3-2-4-8-17/h2-13,25H,14-16H2,1H3,(H,26,27). The molecule has 0 aromatic heterocycles. The molecule has 0 bridgehead atoms. The third-order valence-electron chi connectivity index (χ3n) is 4.65. The Labute approximate surface area is 187 Å². The molecular weight excluding hydrogens is 436 g/mol. The van der Waals surface area contributed by atoms with Crippen LogP contribution in [0.15, 0.2) is 72.8 Å². The van der Waals surface area contributed by atoms with E-state index in [1.165, 1.54) is 7.05 Å². The van der Waals surface area contributed by atoms with Crippen LogP contribution in [-0.4, -0.2) is 28.0 Å². The molecule has 0 aliphatic rings. The first-order chi connectivity index (χ1) is 14.9. The lowest BCUT2D eigenvalue weighted by molar-refractivity contribution is -0.123. The van der Waals surface area contributed by atoms with Crippen molar-refractivity contribution in [3.05, 3.63) is 88.9 Å². The van der Waals surface area contributed by atoms with Crippen LogP contribution in [0.1, 0.15) is 11.1 Å². The van der Waals surface area contributed by atoms with Crippen LogP contribution in [0.25, 0.3) is 11.1 Å². The minimum atomic E-state index is -3.41. The van der Waals surface area contributed by atoms with Gasteiger partial charge in [-0.05, 0) is 41.4 Å². The fraction of sp³-hybridized carbons (Fsp3) is 0.174. The molecule has 3 aromatic carbocycles. The Morgan fingerprint density at radius 3 is 2.29 bits per heavy atom. The van der Waals surface area contributed by atoms with Crippen molar-refractivity contribution in [2.24, 2.45) is 0 Å². The van der Waals surface area contributed by atoms with Crippen LogP contribution in [-0.2, 0) is 27.1 Å². The van der Waals surface area contributed by atoms with Gasteiger partial charge in [-0.25, -0.2) is 13.1 Å². The van der Waals surface area contributed by atoms with Gasteiger partial charge in [0.15, 0.2) is 6.61 Å². The maximum Gasteiger partial charge on any atom is 0.258 e. The molecule has 8 heteroatoms. The monoisotopic (exact) mass is 458 g/mol. The van der Waals surface area contributed by atoms with Crippen LogP contribution >= 0.6 is 11.6 Å². The summed E-state index contributed by atoms with van der Waals surface area (Å²) < 4.78 is 31.5. The lowest BCUT2D eigenvalue weighted by atomic mass is 10.1. The van der Waals surface area contributed by atoms with Crippen LogP contribution < -0.4 is 14.8 Å². The molecule has 0 atom stereocenters. The van der Waals surface area contributed by atoms with Gasteiger partial charge < -0.3 is 10.1 Å². The van der Waals surface area contributed by atoms with E-state index >= 15 is 0 Å². The van der Waals surface area contributed by atoms with Gasteiger partial charge in [0, 0.05) is 6.54 Å². The highest BCUT2D eigenvalue weighted by Crippen LogP contribution is 2.30. The third-order valence-corrected chi connectivity index (χ3v) is 6.26. The van der Waals surface area contributed by atoms with E-state index < -0.39 is 10.0 Å². The van der Waals surface area contributed by atoms with E-state index in [1.54, 1.807) is 36.4 Å². The number of carbonyl (C=O) groups excluding carboxylic acids is 1. The van der Waals surface area contributed by atoms with Crippen LogP contribution in [0.3, 0.4) is 0 Å². The Kier molecular flexibility index (Phi) is 7.68. The number of halogens is 1. The van der Waals surface area contributed by atoms with Gasteiger partial charge in [0.25, 0.3) is 5.91 Å². The molecule has 3 aromatic rings. The summed E-state index contributed by atoms with van der Waals surface area (Å²) >= 11 is 6.31. The number of rotatable bonds is 9. The summed E-state index contributed by atoms with van der Waals surface area (Å²) in [6.45, 7) is -0.0142. The SMILES string of the molecule is CNS(=O)(=O)Cc1ccccc1CNC(=O)COc1ccc(-c2ccccc2)cc1Cl. The molecule has 0 unspecified atom stereocenters. The van der Waals surface area contributed by atoms with Crippen molar-refractivity contribution in [2.75, 3.05) is 13.7 Å². The minimum absolute atomic E-state index is 0.157. The molecule has 162 valence electrons. The fourth-order valence-corrected chi connectivity index (χ4v) is 4.03. The Morgan fingerprint density at radius 1 is 0.935 bits per heavy atom. The van der Waals surface area contributed by atoms with E-state index in [1.807, 2.05) is 36.4 Å². The maximum atomic E-state index is 12.2. The predicted molar refractivity (Wildman–Crippen MR) is 122 cm³/mol. The molecule has 3 rings (SSSR count). The van der Waals surface area contributed by atoms with Gasteiger partial charge in [0.1, 0.15) is 5.75 Å². The number of benzene rings is 3. The summed E-state index contributed by atoms with van der Waals surface area (Å²) in [6.07, 6.45) is 0. The first kappa shape index (κ1) is 22.8. The van der Waals surface area contributed by atoms with Gasteiger partial charge in [0.2, 0.25) is 10.0 Å². The number of sulfonamides is 1. The Hall–Kier alpha value is -2.87. The van der Waals surface area contributed by atoms with Crippen LogP contribution in [0.2, 0.25) is 5.02 Å². The number of nitrogens with one attached hydrogen (secondary N) is 2. The summed E-state index contributed by atoms with van der Waals surface area (Å²) in [5.74, 6) is -0.0819. The average molecular weight is 459 g/mol. The summed E-state index contributed by atoms with van der Waals surface area (Å²) in [7, 11) is -2.04. The van der Waals surface area contributed by atoms with Crippen LogP contribution in [0.4, 0.5) is 0 Å². The number of amides is 1. The highest BCUT2D eigenvalue weighted by Gasteiger charge is 2.13. The topological polar surface area (TPSA) is 84.5 Å². The zero-order valence-corrected chi connectivity index (χ0v) is 18.5. The van der Waals surface area contributed by atoms with E-state index in [4.69, 9.17) is 16.3 Å². The van der Waals surface area contributed by atoms with Crippen molar-refractivity contribution in [2.45, 2.75) is 12.3 Å². The van der Waals surface area contributed by atoms with Crippen molar-refractivity contribution < 1.29 is 17.9 Å². The number of hydrogen-bond acceptors (Lipinski definition) is 4. The number of ether oxygens (including phenoxy) is 1. The first-order valence-electron chi connectivity index (χ1n) is 9.60. The molecule has 1 amide bonds. The molecule has 0 spiro atoms. The molecule has 0 heterocycles. The zero-order chi connectivity index (χ0) is 22.3. The summed E-state index contributed by atoms with van der Waals surface area (Å²) in [5, 5.41) is 3.16. The molecule has 31 heavy (non-hydrogen) atoms. The van der Waals surface area contributed by atoms with Crippen molar-refractivity contribution in [1.29, 1.82) is 0 Å². The van der Waals surface area contributed by atoms with E-state index in [2.05, 4.69) is 10.0 Å². The normalized spacial score (nSPS) is 11.2. The lowest BCUT2D eigenvalue weighted by Gasteiger charge is -2.12. The fourth-order valence-electron chi connectivity index (χ4n) is 2.96. The summed E-state index contributed by atoms with van der Waals surface area (Å²) in [4.78, 5) is 12.2. The molecule has 0 saturated heterocycles. The predicted octanol–water partition coefficient (Wildman–Crippen LogP) is 3.75. The van der Waals surface area contributed by atoms with Crippen molar-refractivity contribution in [1.82, 2.24) is 10.0 Å². The highest BCUT2D eigenvalue weighted by molar-refractivity contribution is 7.88. The van der Waals surface area contributed by atoms with Gasteiger partial charge in [-0.15, -0.1) is 0 Å². The van der Waals surface area contributed by atoms with Gasteiger partial charge in [0.05, 0.1) is 10.8 Å². The lowest BCUT2D eigenvalue weighted by Crippen LogP contribution is -2.29. The number of carbonyl (C=O) groups is 1. The second-order valence-corrected chi connectivity index (χ2v) is 9.14. The van der Waals surface area contributed by atoms with Gasteiger partial charge in [-0.3, -0.25) is 4.79 Å². The average Bonchev–Trinajstić information content (AvgIpc) is 2.78. The Balaban J connectivity index is 1.57. The quantitative estimate of drug-likeness (QED) is 0.511. The largest absolute Gasteiger partial charge is 0.482 e. The molecule has 0 radical (unpaired) electrons. The summed E-state index contributed by atoms with van der Waals surface area (Å²) in [6, 6.07) is 22.3. The molecular formula is C23H23ClN2O4S. The second-order valence-electron chi connectivity index (χ2n) is 6.81. The van der Waals surface area contributed by atoms with Gasteiger partial charge in [-0.2, -0.15) is 0 Å². The molecule has 6 nitrogen and oxygen atoms in total. The van der Waals surface area contributed by atoms with E-state index in [0.717, 1.165) is 16.7 Å². The summed E-state index contributed by atoms with van der Waals surface area (Å²) in [5.41, 5.74) is 3.33. The van der Waals surface area contributed by atoms with Crippen molar-refractivity contribution in [3.63, 3.8) is 0 Å². The first-order valence-corrected chi connectivity index (χ1v) is 11.6. The van der Waals surface area contributed by atoms with Crippen molar-refractivity contribution >= 4 is 27.5 Å². The van der Waals surface area contributed by atoms with Gasteiger partial charge >= 0.3 is 0 Å². The zero-order valence-electron chi connectivity index (χ0n) is 17.0. The highest BCUT2D eigenvalue weighted by atomic mass is 35.5. The molecule has 0 aliphatic heterocycles. The van der Waals surface area contributed by atoms with Gasteiger partial charge in [-0.1, -0.05) is 72.3 Å². The van der Waals surface area contributed by atoms with E-state index in [9.17, 15) is 13.2 Å². The van der Waals surface area contributed by atoms with E-state index in [-0.39, 0.29) is 24.8 Å². The number of hydrogen-bond donors (Lipinski definition) is 2. The molecule has 2 N–H and O–H groups in total. The van der Waals surface area contributed by atoms with Crippen LogP contribution in [0, 0.1) is 0 Å². The minimum Gasteiger partial charge on any atom is -0.482 e. The second kappa shape index (κ2) is 10.4. The molecule has 0 aliphatic carbocycles. The van der Waals surface area contributed by atoms with Crippen LogP contribution in [0.5, 0.6) is 5.75 Å². The molecule has 0 saturated carbocycles. The van der Waals surface area contributed by atoms with Crippen molar-refractivity contribution in [3.8, 4) is 16.9 Å². The van der Waals surface area contributed by atoms with E-state index in [0.29, 0.717) is 16.3 Å². The smallest absolute Gasteiger partial charge is 0.258 e. The Morgan fingerprint density at radius 2 is 1.61 bits per heavy atom. The third kappa shape index (κ3) is 6.55. The maximum absolute atomic E-state index is 12.2.